The van der Waals surface area contributed by atoms with E-state index in [2.05, 4.69) is 18.8 Å². The zero-order chi connectivity index (χ0) is 6.69. The van der Waals surface area contributed by atoms with Crippen LogP contribution < -0.4 is 5.32 Å². The highest BCUT2D eigenvalue weighted by Gasteiger charge is 2.28. The minimum atomic E-state index is 0.157. The van der Waals surface area contributed by atoms with Gasteiger partial charge in [-0.25, -0.2) is 0 Å². The molecule has 1 aliphatic heterocycles. The average molecular weight is 145 g/mol. The molecule has 1 fully saturated rings. The average Bonchev–Trinajstić information content (AvgIpc) is 2.48. The summed E-state index contributed by atoms with van der Waals surface area (Å²) in [5.74, 6) is 2.97. The second-order valence-electron chi connectivity index (χ2n) is 1.81. The molecular weight excluding hydrogens is 134 g/mol. The quantitative estimate of drug-likeness (QED) is 0.365. The Balaban J connectivity index is 1.88. The van der Waals surface area contributed by atoms with Gasteiger partial charge in [-0.05, 0) is 5.75 Å². The van der Waals surface area contributed by atoms with E-state index in [1.54, 1.807) is 0 Å². The smallest absolute Gasteiger partial charge is 0.208 e. The first kappa shape index (κ1) is 6.96. The summed E-state index contributed by atoms with van der Waals surface area (Å²) in [6.45, 7) is 5.77. The van der Waals surface area contributed by atoms with Crippen LogP contribution in [0.2, 0.25) is 0 Å². The number of hydrogen-bond acceptors (Lipinski definition) is 3. The third kappa shape index (κ3) is 2.28. The molecule has 1 N–H and O–H groups in total. The van der Waals surface area contributed by atoms with Crippen molar-refractivity contribution in [3.8, 4) is 0 Å². The predicted molar refractivity (Wildman–Crippen MR) is 40.1 cm³/mol. The van der Waals surface area contributed by atoms with Crippen LogP contribution >= 0.6 is 11.8 Å². The number of thioether (sulfide) groups is 1. The summed E-state index contributed by atoms with van der Waals surface area (Å²) >= 11 is 1.85. The van der Waals surface area contributed by atoms with E-state index in [1.165, 1.54) is 0 Å². The first-order valence-corrected chi connectivity index (χ1v) is 4.16. The Bertz CT molecular complexity index is 116. The Morgan fingerprint density at radius 2 is 2.56 bits per heavy atom. The maximum Gasteiger partial charge on any atom is 0.208 e. The fraction of sp³-hybridized carbons (Fsp3) is 0.667. The fourth-order valence-electron chi connectivity index (χ4n) is 0.510. The molecule has 0 amide bonds. The molecule has 0 aliphatic carbocycles. The van der Waals surface area contributed by atoms with Crippen molar-refractivity contribution in [3.63, 3.8) is 0 Å². The molecule has 0 aromatic rings. The molecule has 0 bridgehead atoms. The van der Waals surface area contributed by atoms with Crippen molar-refractivity contribution in [3.05, 3.63) is 12.3 Å². The van der Waals surface area contributed by atoms with Crippen molar-refractivity contribution in [1.29, 1.82) is 0 Å². The largest absolute Gasteiger partial charge is 0.467 e. The molecule has 3 heteroatoms. The van der Waals surface area contributed by atoms with Crippen molar-refractivity contribution in [2.75, 3.05) is 11.6 Å². The number of hydrogen-bond donors (Lipinski definition) is 1. The second kappa shape index (κ2) is 3.13. The molecule has 1 saturated heterocycles. The van der Waals surface area contributed by atoms with E-state index in [4.69, 9.17) is 4.74 Å². The minimum absolute atomic E-state index is 0.157. The first-order chi connectivity index (χ1) is 4.34. The highest BCUT2D eigenvalue weighted by molar-refractivity contribution is 7.99. The fourth-order valence-corrected chi connectivity index (χ4v) is 0.983. The summed E-state index contributed by atoms with van der Waals surface area (Å²) in [4.78, 5) is 0. The zero-order valence-corrected chi connectivity index (χ0v) is 6.33. The molecule has 2 nitrogen and oxygen atoms in total. The number of ether oxygens (including phenoxy) is 1. The summed E-state index contributed by atoms with van der Waals surface area (Å²) < 4.78 is 4.94. The van der Waals surface area contributed by atoms with Gasteiger partial charge in [-0.3, -0.25) is 5.32 Å². The Kier molecular flexibility index (Phi) is 2.42. The van der Waals surface area contributed by atoms with E-state index in [0.717, 1.165) is 17.4 Å². The molecule has 0 saturated carbocycles. The molecule has 9 heavy (non-hydrogen) atoms. The SMILES string of the molecule is C=C1OC1NCSCC. The lowest BCUT2D eigenvalue weighted by Gasteiger charge is -1.94. The van der Waals surface area contributed by atoms with Crippen LogP contribution in [0.3, 0.4) is 0 Å². The van der Waals surface area contributed by atoms with Crippen molar-refractivity contribution in [2.24, 2.45) is 0 Å². The summed E-state index contributed by atoms with van der Waals surface area (Å²) in [5.41, 5.74) is 0. The van der Waals surface area contributed by atoms with Crippen LogP contribution in [-0.2, 0) is 4.74 Å². The lowest BCUT2D eigenvalue weighted by molar-refractivity contribution is 0.395. The van der Waals surface area contributed by atoms with E-state index in [9.17, 15) is 0 Å². The second-order valence-corrected chi connectivity index (χ2v) is 3.08. The minimum Gasteiger partial charge on any atom is -0.467 e. The third-order valence-electron chi connectivity index (χ3n) is 1.08. The maximum atomic E-state index is 4.94. The van der Waals surface area contributed by atoms with Crippen LogP contribution in [0.15, 0.2) is 12.3 Å². The van der Waals surface area contributed by atoms with Gasteiger partial charge in [0.25, 0.3) is 0 Å². The highest BCUT2D eigenvalue weighted by atomic mass is 32.2. The molecule has 0 aromatic heterocycles. The van der Waals surface area contributed by atoms with Crippen LogP contribution in [0.25, 0.3) is 0 Å². The normalized spacial score (nSPS) is 23.7. The molecule has 1 unspecified atom stereocenters. The van der Waals surface area contributed by atoms with Gasteiger partial charge in [-0.1, -0.05) is 13.5 Å². The van der Waals surface area contributed by atoms with Gasteiger partial charge in [0, 0.05) is 5.88 Å². The summed E-state index contributed by atoms with van der Waals surface area (Å²) in [7, 11) is 0. The van der Waals surface area contributed by atoms with E-state index < -0.39 is 0 Å². The van der Waals surface area contributed by atoms with E-state index in [1.807, 2.05) is 11.8 Å². The molecule has 0 spiro atoms. The lowest BCUT2D eigenvalue weighted by atomic mass is 10.6. The Hall–Kier alpha value is -0.150. The van der Waals surface area contributed by atoms with E-state index >= 15 is 0 Å². The van der Waals surface area contributed by atoms with Crippen molar-refractivity contribution in [2.45, 2.75) is 13.2 Å². The van der Waals surface area contributed by atoms with E-state index in [0.29, 0.717) is 0 Å². The lowest BCUT2D eigenvalue weighted by Crippen LogP contribution is -2.15. The van der Waals surface area contributed by atoms with Crippen LogP contribution in [0.5, 0.6) is 0 Å². The topological polar surface area (TPSA) is 24.6 Å². The van der Waals surface area contributed by atoms with Gasteiger partial charge in [0.1, 0.15) is 5.76 Å². The van der Waals surface area contributed by atoms with Gasteiger partial charge in [-0.15, -0.1) is 11.8 Å². The van der Waals surface area contributed by atoms with Crippen LogP contribution in [0.1, 0.15) is 6.92 Å². The molecule has 1 rings (SSSR count). The molecule has 1 heterocycles. The molecule has 52 valence electrons. The summed E-state index contributed by atoms with van der Waals surface area (Å²) in [6.07, 6.45) is 0.157. The molecular formula is C6H11NOS. The standard InChI is InChI=1S/C6H11NOS/c1-3-9-4-7-6-5(2)8-6/h6-7H,2-4H2,1H3. The number of rotatable bonds is 4. The van der Waals surface area contributed by atoms with Gasteiger partial charge in [0.15, 0.2) is 0 Å². The Morgan fingerprint density at radius 1 is 1.89 bits per heavy atom. The summed E-state index contributed by atoms with van der Waals surface area (Å²) in [6, 6.07) is 0. The zero-order valence-electron chi connectivity index (χ0n) is 5.52. The number of nitrogens with one attached hydrogen (secondary N) is 1. The van der Waals surface area contributed by atoms with Gasteiger partial charge < -0.3 is 4.74 Å². The number of epoxide rings is 1. The van der Waals surface area contributed by atoms with Crippen LogP contribution in [0, 0.1) is 0 Å². The highest BCUT2D eigenvalue weighted by Crippen LogP contribution is 2.21. The van der Waals surface area contributed by atoms with Crippen molar-refractivity contribution < 1.29 is 4.74 Å². The maximum absolute atomic E-state index is 4.94. The Morgan fingerprint density at radius 3 is 3.00 bits per heavy atom. The van der Waals surface area contributed by atoms with E-state index in [-0.39, 0.29) is 6.23 Å². The van der Waals surface area contributed by atoms with Crippen molar-refractivity contribution >= 4 is 11.8 Å². The van der Waals surface area contributed by atoms with Gasteiger partial charge in [0.05, 0.1) is 0 Å². The van der Waals surface area contributed by atoms with Gasteiger partial charge in [0.2, 0.25) is 6.23 Å². The molecule has 1 atom stereocenters. The molecule has 1 aliphatic rings. The van der Waals surface area contributed by atoms with Crippen LogP contribution in [-0.4, -0.2) is 17.9 Å². The predicted octanol–water partition coefficient (Wildman–Crippen LogP) is 1.16. The van der Waals surface area contributed by atoms with Gasteiger partial charge in [-0.2, -0.15) is 0 Å². The summed E-state index contributed by atoms with van der Waals surface area (Å²) in [5, 5.41) is 3.15. The first-order valence-electron chi connectivity index (χ1n) is 3.01. The molecule has 0 radical (unpaired) electrons. The Labute approximate surface area is 59.7 Å². The monoisotopic (exact) mass is 145 g/mol. The molecule has 0 aromatic carbocycles. The van der Waals surface area contributed by atoms with Crippen molar-refractivity contribution in [1.82, 2.24) is 5.32 Å². The third-order valence-corrected chi connectivity index (χ3v) is 1.86. The van der Waals surface area contributed by atoms with Gasteiger partial charge >= 0.3 is 0 Å². The van der Waals surface area contributed by atoms with Crippen LogP contribution in [0.4, 0.5) is 0 Å².